The summed E-state index contributed by atoms with van der Waals surface area (Å²) in [6, 6.07) is 3.97. The SMILES string of the molecule is COc1cc(-c2ncc(C(=O)NC[C@@H]3CCCO3)c(N(C)C3CCCCC3)n2)cc(OC)c1OC. The van der Waals surface area contributed by atoms with E-state index >= 15 is 0 Å². The Morgan fingerprint density at radius 2 is 1.77 bits per heavy atom. The fourth-order valence-electron chi connectivity index (χ4n) is 4.90. The maximum atomic E-state index is 13.2. The molecule has 1 atom stereocenters. The van der Waals surface area contributed by atoms with E-state index in [1.807, 2.05) is 19.2 Å². The van der Waals surface area contributed by atoms with E-state index < -0.39 is 0 Å². The van der Waals surface area contributed by atoms with Gasteiger partial charge in [-0.1, -0.05) is 19.3 Å². The van der Waals surface area contributed by atoms with Crippen LogP contribution in [0.2, 0.25) is 0 Å². The van der Waals surface area contributed by atoms with E-state index in [-0.39, 0.29) is 12.0 Å². The summed E-state index contributed by atoms with van der Waals surface area (Å²) in [5, 5.41) is 3.02. The van der Waals surface area contributed by atoms with Gasteiger partial charge in [-0.05, 0) is 37.8 Å². The predicted molar refractivity (Wildman–Crippen MR) is 134 cm³/mol. The molecule has 0 unspecified atom stereocenters. The van der Waals surface area contributed by atoms with Crippen LogP contribution in [0, 0.1) is 0 Å². The third-order valence-electron chi connectivity index (χ3n) is 6.91. The van der Waals surface area contributed by atoms with Gasteiger partial charge in [0.25, 0.3) is 5.91 Å². The molecule has 1 aromatic carbocycles. The van der Waals surface area contributed by atoms with E-state index in [1.165, 1.54) is 19.3 Å². The van der Waals surface area contributed by atoms with Crippen molar-refractivity contribution in [3.63, 3.8) is 0 Å². The first-order valence-electron chi connectivity index (χ1n) is 12.4. The van der Waals surface area contributed by atoms with Crippen molar-refractivity contribution in [2.24, 2.45) is 0 Å². The normalized spacial score (nSPS) is 18.2. The molecule has 2 fully saturated rings. The average molecular weight is 485 g/mol. The molecule has 1 N–H and O–H groups in total. The van der Waals surface area contributed by atoms with Gasteiger partial charge >= 0.3 is 0 Å². The number of anilines is 1. The maximum Gasteiger partial charge on any atom is 0.256 e. The van der Waals surface area contributed by atoms with Gasteiger partial charge in [0.05, 0.1) is 27.4 Å². The molecule has 2 heterocycles. The lowest BCUT2D eigenvalue weighted by atomic mass is 9.94. The molecule has 1 saturated heterocycles. The fourth-order valence-corrected chi connectivity index (χ4v) is 4.90. The molecule has 9 nitrogen and oxygen atoms in total. The van der Waals surface area contributed by atoms with E-state index in [9.17, 15) is 4.79 Å². The van der Waals surface area contributed by atoms with Crippen LogP contribution in [0.4, 0.5) is 5.82 Å². The van der Waals surface area contributed by atoms with Gasteiger partial charge in [0, 0.05) is 38.0 Å². The largest absolute Gasteiger partial charge is 0.493 e. The zero-order chi connectivity index (χ0) is 24.8. The first-order chi connectivity index (χ1) is 17.0. The van der Waals surface area contributed by atoms with Crippen LogP contribution >= 0.6 is 0 Å². The van der Waals surface area contributed by atoms with E-state index in [0.29, 0.717) is 52.6 Å². The number of carbonyl (C=O) groups is 1. The molecule has 1 aromatic heterocycles. The van der Waals surface area contributed by atoms with Crippen LogP contribution in [0.1, 0.15) is 55.3 Å². The number of nitrogens with one attached hydrogen (secondary N) is 1. The third kappa shape index (κ3) is 5.61. The van der Waals surface area contributed by atoms with Gasteiger partial charge < -0.3 is 29.2 Å². The van der Waals surface area contributed by atoms with Crippen LogP contribution in [0.25, 0.3) is 11.4 Å². The highest BCUT2D eigenvalue weighted by atomic mass is 16.5. The summed E-state index contributed by atoms with van der Waals surface area (Å²) in [6.45, 7) is 1.24. The number of rotatable bonds is 9. The molecule has 9 heteroatoms. The lowest BCUT2D eigenvalue weighted by Crippen LogP contribution is -2.37. The third-order valence-corrected chi connectivity index (χ3v) is 6.91. The van der Waals surface area contributed by atoms with Crippen LogP contribution in [0.5, 0.6) is 17.2 Å². The molecular formula is C26H36N4O5. The van der Waals surface area contributed by atoms with E-state index in [1.54, 1.807) is 27.5 Å². The summed E-state index contributed by atoms with van der Waals surface area (Å²) in [7, 11) is 6.74. The Morgan fingerprint density at radius 3 is 2.37 bits per heavy atom. The molecule has 1 aliphatic carbocycles. The van der Waals surface area contributed by atoms with E-state index in [2.05, 4.69) is 15.2 Å². The fraction of sp³-hybridized carbons (Fsp3) is 0.577. The number of ether oxygens (including phenoxy) is 4. The van der Waals surface area contributed by atoms with Crippen molar-refractivity contribution in [3.05, 3.63) is 23.9 Å². The number of hydrogen-bond donors (Lipinski definition) is 1. The maximum absolute atomic E-state index is 13.2. The molecule has 2 aliphatic rings. The second-order valence-corrected chi connectivity index (χ2v) is 9.09. The zero-order valence-electron chi connectivity index (χ0n) is 21.1. The highest BCUT2D eigenvalue weighted by Gasteiger charge is 2.26. The Labute approximate surface area is 207 Å². The van der Waals surface area contributed by atoms with Crippen molar-refractivity contribution in [3.8, 4) is 28.6 Å². The van der Waals surface area contributed by atoms with Crippen LogP contribution < -0.4 is 24.4 Å². The number of hydrogen-bond acceptors (Lipinski definition) is 8. The summed E-state index contributed by atoms with van der Waals surface area (Å²) >= 11 is 0. The van der Waals surface area contributed by atoms with E-state index in [0.717, 1.165) is 32.3 Å². The van der Waals surface area contributed by atoms with Crippen molar-refractivity contribution < 1.29 is 23.7 Å². The minimum absolute atomic E-state index is 0.0675. The Balaban J connectivity index is 1.69. The van der Waals surface area contributed by atoms with E-state index in [4.69, 9.17) is 23.9 Å². The lowest BCUT2D eigenvalue weighted by Gasteiger charge is -2.33. The number of benzene rings is 1. The first kappa shape index (κ1) is 25.0. The topological polar surface area (TPSA) is 95.0 Å². The Bertz CT molecular complexity index is 994. The number of amides is 1. The molecule has 2 aromatic rings. The molecule has 190 valence electrons. The number of carbonyl (C=O) groups excluding carboxylic acids is 1. The molecule has 1 amide bonds. The molecule has 35 heavy (non-hydrogen) atoms. The standard InChI is InChI=1S/C26H36N4O5/c1-30(18-9-6-5-7-10-18)25-20(26(31)28-15-19-11-8-12-35-19)16-27-24(29-25)17-13-21(32-2)23(34-4)22(14-17)33-3/h13-14,16,18-19H,5-12,15H2,1-4H3,(H,28,31)/t19-/m0/s1. The molecule has 0 spiro atoms. The van der Waals surface area contributed by atoms with Gasteiger partial charge in [-0.25, -0.2) is 9.97 Å². The van der Waals surface area contributed by atoms with Crippen molar-refractivity contribution in [1.29, 1.82) is 0 Å². The minimum Gasteiger partial charge on any atom is -0.493 e. The summed E-state index contributed by atoms with van der Waals surface area (Å²) < 4.78 is 22.1. The van der Waals surface area contributed by atoms with Crippen molar-refractivity contribution in [2.75, 3.05) is 46.4 Å². The van der Waals surface area contributed by atoms with Gasteiger partial charge in [-0.3, -0.25) is 4.79 Å². The van der Waals surface area contributed by atoms with Gasteiger partial charge in [0.1, 0.15) is 11.4 Å². The predicted octanol–water partition coefficient (Wildman–Crippen LogP) is 3.85. The lowest BCUT2D eigenvalue weighted by molar-refractivity contribution is 0.0857. The highest BCUT2D eigenvalue weighted by molar-refractivity contribution is 5.99. The summed E-state index contributed by atoms with van der Waals surface area (Å²) in [6.07, 6.45) is 9.45. The second kappa shape index (κ2) is 11.6. The Kier molecular flexibility index (Phi) is 8.28. The van der Waals surface area contributed by atoms with Crippen molar-refractivity contribution in [1.82, 2.24) is 15.3 Å². The summed E-state index contributed by atoms with van der Waals surface area (Å²) in [4.78, 5) is 24.8. The number of aromatic nitrogens is 2. The minimum atomic E-state index is -0.186. The number of methoxy groups -OCH3 is 3. The monoisotopic (exact) mass is 484 g/mol. The van der Waals surface area contributed by atoms with Gasteiger partial charge in [-0.2, -0.15) is 0 Å². The molecule has 0 bridgehead atoms. The summed E-state index contributed by atoms with van der Waals surface area (Å²) in [5.74, 6) is 2.47. The van der Waals surface area contributed by atoms with Crippen molar-refractivity contribution in [2.45, 2.75) is 57.1 Å². The van der Waals surface area contributed by atoms with Crippen LogP contribution in [0.15, 0.2) is 18.3 Å². The average Bonchev–Trinajstić information content (AvgIpc) is 3.44. The molecule has 0 radical (unpaired) electrons. The van der Waals surface area contributed by atoms with Gasteiger partial charge in [0.15, 0.2) is 17.3 Å². The molecule has 1 saturated carbocycles. The van der Waals surface area contributed by atoms with Crippen molar-refractivity contribution >= 4 is 11.7 Å². The smallest absolute Gasteiger partial charge is 0.256 e. The molecule has 4 rings (SSSR count). The summed E-state index contributed by atoms with van der Waals surface area (Å²) in [5.41, 5.74) is 1.18. The number of nitrogens with zero attached hydrogens (tertiary/aromatic N) is 3. The van der Waals surface area contributed by atoms with Gasteiger partial charge in [0.2, 0.25) is 5.75 Å². The molecule has 1 aliphatic heterocycles. The van der Waals surface area contributed by atoms with Crippen LogP contribution in [0.3, 0.4) is 0 Å². The molecular weight excluding hydrogens is 448 g/mol. The zero-order valence-corrected chi connectivity index (χ0v) is 21.1. The first-order valence-corrected chi connectivity index (χ1v) is 12.4. The quantitative estimate of drug-likeness (QED) is 0.574. The highest BCUT2D eigenvalue weighted by Crippen LogP contribution is 2.41. The second-order valence-electron chi connectivity index (χ2n) is 9.09. The van der Waals surface area contributed by atoms with Crippen LogP contribution in [-0.4, -0.2) is 69.5 Å². The van der Waals surface area contributed by atoms with Gasteiger partial charge in [-0.15, -0.1) is 0 Å². The Morgan fingerprint density at radius 1 is 1.06 bits per heavy atom. The van der Waals surface area contributed by atoms with Crippen LogP contribution in [-0.2, 0) is 4.74 Å². The Hall–Kier alpha value is -3.07.